The zero-order chi connectivity index (χ0) is 24.7. The van der Waals surface area contributed by atoms with E-state index in [4.69, 9.17) is 20.0 Å². The monoisotopic (exact) mass is 460 g/mol. The van der Waals surface area contributed by atoms with E-state index in [-0.39, 0.29) is 0 Å². The van der Waals surface area contributed by atoms with Crippen LogP contribution in [0, 0.1) is 29.6 Å². The number of rotatable bonds is 8. The second kappa shape index (κ2) is 13.9. The van der Waals surface area contributed by atoms with E-state index < -0.39 is 0 Å². The normalized spacial score (nSPS) is 9.69. The Bertz CT molecular complexity index is 1290. The predicted octanol–water partition coefficient (Wildman–Crippen LogP) is 6.97. The van der Waals surface area contributed by atoms with Gasteiger partial charge in [0.05, 0.1) is 25.0 Å². The number of ether oxygens (including phenoxy) is 2. The minimum atomic E-state index is 0.424. The van der Waals surface area contributed by atoms with Crippen molar-refractivity contribution in [2.24, 2.45) is 0 Å². The summed E-state index contributed by atoms with van der Waals surface area (Å²) in [6, 6.07) is 37.7. The molecule has 0 aliphatic rings. The fourth-order valence-electron chi connectivity index (χ4n) is 3.46. The second-order valence-electron chi connectivity index (χ2n) is 7.86. The molecule has 0 aliphatic heterocycles. The number of nitrogens with zero attached hydrogens (tertiary/aromatic N) is 2. The van der Waals surface area contributed by atoms with Crippen molar-refractivity contribution < 1.29 is 9.47 Å². The summed E-state index contributed by atoms with van der Waals surface area (Å²) in [4.78, 5) is 0. The maximum absolute atomic E-state index is 8.78. The van der Waals surface area contributed by atoms with Crippen LogP contribution in [-0.2, 0) is 26.1 Å². The molecule has 0 aromatic heterocycles. The lowest BCUT2D eigenvalue weighted by Gasteiger charge is -2.11. The summed E-state index contributed by atoms with van der Waals surface area (Å²) in [5.41, 5.74) is 5.33. The van der Waals surface area contributed by atoms with E-state index in [0.717, 1.165) is 39.3 Å². The number of aryl methyl sites for hydroxylation is 1. The van der Waals surface area contributed by atoms with Gasteiger partial charge in [0.1, 0.15) is 24.7 Å². The standard InChI is InChI=1S/C16H15NO.C15H13NO/c1-13-6-2-5-9-16(13)18-12-15-8-4-3-7-14(15)10-11-17;16-11-10-13-6-4-5-7-14(13)12-17-15-8-2-1-3-9-15/h2-9H,10,12H2,1H3;1-9H,10,12H2. The van der Waals surface area contributed by atoms with E-state index in [1.165, 1.54) is 0 Å². The van der Waals surface area contributed by atoms with Crippen molar-refractivity contribution in [3.05, 3.63) is 131 Å². The third-order valence-electron chi connectivity index (χ3n) is 5.39. The van der Waals surface area contributed by atoms with Crippen molar-refractivity contribution in [1.82, 2.24) is 0 Å². The summed E-state index contributed by atoms with van der Waals surface area (Å²) in [5.74, 6) is 1.74. The van der Waals surface area contributed by atoms with E-state index in [2.05, 4.69) is 12.1 Å². The average molecular weight is 461 g/mol. The maximum Gasteiger partial charge on any atom is 0.122 e. The van der Waals surface area contributed by atoms with Crippen LogP contribution in [0.25, 0.3) is 0 Å². The van der Waals surface area contributed by atoms with Crippen LogP contribution >= 0.6 is 0 Å². The third-order valence-corrected chi connectivity index (χ3v) is 5.39. The Hall–Kier alpha value is -4.54. The van der Waals surface area contributed by atoms with Crippen molar-refractivity contribution >= 4 is 0 Å². The van der Waals surface area contributed by atoms with E-state index >= 15 is 0 Å². The summed E-state index contributed by atoms with van der Waals surface area (Å²) in [7, 11) is 0. The first-order chi connectivity index (χ1) is 17.2. The van der Waals surface area contributed by atoms with Crippen LogP contribution in [0.5, 0.6) is 11.5 Å². The van der Waals surface area contributed by atoms with E-state index in [9.17, 15) is 0 Å². The lowest BCUT2D eigenvalue weighted by Crippen LogP contribution is -2.00. The summed E-state index contributed by atoms with van der Waals surface area (Å²) >= 11 is 0. The third kappa shape index (κ3) is 8.07. The van der Waals surface area contributed by atoms with Gasteiger partial charge in [-0.15, -0.1) is 0 Å². The van der Waals surface area contributed by atoms with Gasteiger partial charge in [-0.2, -0.15) is 10.5 Å². The molecule has 0 saturated carbocycles. The van der Waals surface area contributed by atoms with E-state index in [0.29, 0.717) is 26.1 Å². The van der Waals surface area contributed by atoms with E-state index in [1.54, 1.807) is 0 Å². The van der Waals surface area contributed by atoms with Gasteiger partial charge in [-0.25, -0.2) is 0 Å². The summed E-state index contributed by atoms with van der Waals surface area (Å²) in [6.07, 6.45) is 0.849. The highest BCUT2D eigenvalue weighted by Crippen LogP contribution is 2.19. The largest absolute Gasteiger partial charge is 0.489 e. The molecule has 0 atom stereocenters. The molecule has 0 fully saturated rings. The Morgan fingerprint density at radius 1 is 0.543 bits per heavy atom. The molecule has 4 nitrogen and oxygen atoms in total. The first kappa shape index (κ1) is 25.1. The maximum atomic E-state index is 8.78. The molecule has 0 unspecified atom stereocenters. The van der Waals surface area contributed by atoms with Gasteiger partial charge < -0.3 is 9.47 Å². The molecule has 4 aromatic carbocycles. The van der Waals surface area contributed by atoms with Crippen molar-refractivity contribution in [2.45, 2.75) is 33.0 Å². The molecule has 4 rings (SSSR count). The van der Waals surface area contributed by atoms with Crippen LogP contribution in [0.1, 0.15) is 27.8 Å². The van der Waals surface area contributed by atoms with Crippen LogP contribution in [-0.4, -0.2) is 0 Å². The Morgan fingerprint density at radius 2 is 1.00 bits per heavy atom. The fourth-order valence-corrected chi connectivity index (χ4v) is 3.46. The van der Waals surface area contributed by atoms with Crippen LogP contribution < -0.4 is 9.47 Å². The summed E-state index contributed by atoms with van der Waals surface area (Å²) < 4.78 is 11.5. The Kier molecular flexibility index (Phi) is 9.95. The zero-order valence-corrected chi connectivity index (χ0v) is 19.9. The molecule has 4 heteroatoms. The van der Waals surface area contributed by atoms with Crippen molar-refractivity contribution in [3.63, 3.8) is 0 Å². The molecular formula is C31H28N2O2. The predicted molar refractivity (Wildman–Crippen MR) is 138 cm³/mol. The Balaban J connectivity index is 0.000000196. The summed E-state index contributed by atoms with van der Waals surface area (Å²) in [6.45, 7) is 3.03. The molecule has 4 aromatic rings. The second-order valence-corrected chi connectivity index (χ2v) is 7.86. The molecule has 0 bridgehead atoms. The molecule has 0 amide bonds. The van der Waals surface area contributed by atoms with Gasteiger partial charge in [-0.3, -0.25) is 0 Å². The van der Waals surface area contributed by atoms with Gasteiger partial charge in [-0.05, 0) is 52.9 Å². The fraction of sp³-hybridized carbons (Fsp3) is 0.161. The zero-order valence-electron chi connectivity index (χ0n) is 19.9. The average Bonchev–Trinajstić information content (AvgIpc) is 2.90. The summed E-state index contributed by atoms with van der Waals surface area (Å²) in [5, 5.41) is 17.5. The Morgan fingerprint density at radius 3 is 1.54 bits per heavy atom. The lowest BCUT2D eigenvalue weighted by atomic mass is 10.1. The van der Waals surface area contributed by atoms with E-state index in [1.807, 2.05) is 110 Å². The minimum Gasteiger partial charge on any atom is -0.489 e. The highest BCUT2D eigenvalue weighted by atomic mass is 16.5. The number of nitriles is 2. The molecule has 0 spiro atoms. The SMILES string of the molecule is Cc1ccccc1OCc1ccccc1CC#N.N#CCc1ccccc1COc1ccccc1. The molecule has 0 radical (unpaired) electrons. The number of hydrogen-bond donors (Lipinski definition) is 0. The lowest BCUT2D eigenvalue weighted by molar-refractivity contribution is 0.303. The van der Waals surface area contributed by atoms with Crippen molar-refractivity contribution in [2.75, 3.05) is 0 Å². The van der Waals surface area contributed by atoms with Gasteiger partial charge in [0, 0.05) is 0 Å². The molecule has 0 saturated heterocycles. The van der Waals surface area contributed by atoms with Gasteiger partial charge in [0.15, 0.2) is 0 Å². The van der Waals surface area contributed by atoms with Crippen LogP contribution in [0.15, 0.2) is 103 Å². The molecule has 0 heterocycles. The number of para-hydroxylation sites is 2. The minimum absolute atomic E-state index is 0.424. The van der Waals surface area contributed by atoms with Crippen molar-refractivity contribution in [1.29, 1.82) is 10.5 Å². The Labute approximate surface area is 207 Å². The quantitative estimate of drug-likeness (QED) is 0.285. The van der Waals surface area contributed by atoms with Crippen LogP contribution in [0.2, 0.25) is 0 Å². The van der Waals surface area contributed by atoms with Gasteiger partial charge in [0.2, 0.25) is 0 Å². The first-order valence-corrected chi connectivity index (χ1v) is 11.4. The molecular weight excluding hydrogens is 432 g/mol. The number of benzene rings is 4. The van der Waals surface area contributed by atoms with Crippen molar-refractivity contribution in [3.8, 4) is 23.6 Å². The smallest absolute Gasteiger partial charge is 0.122 e. The topological polar surface area (TPSA) is 66.0 Å². The highest BCUT2D eigenvalue weighted by molar-refractivity contribution is 5.34. The molecule has 174 valence electrons. The van der Waals surface area contributed by atoms with Crippen LogP contribution in [0.3, 0.4) is 0 Å². The molecule has 0 aliphatic carbocycles. The van der Waals surface area contributed by atoms with Gasteiger partial charge in [0.25, 0.3) is 0 Å². The first-order valence-electron chi connectivity index (χ1n) is 11.4. The van der Waals surface area contributed by atoms with Crippen LogP contribution in [0.4, 0.5) is 0 Å². The highest BCUT2D eigenvalue weighted by Gasteiger charge is 2.04. The molecule has 35 heavy (non-hydrogen) atoms. The molecule has 0 N–H and O–H groups in total. The van der Waals surface area contributed by atoms with Gasteiger partial charge >= 0.3 is 0 Å². The van der Waals surface area contributed by atoms with Gasteiger partial charge in [-0.1, -0.05) is 84.9 Å². The number of hydrogen-bond acceptors (Lipinski definition) is 4.